The van der Waals surface area contributed by atoms with Crippen LogP contribution in [0.2, 0.25) is 0 Å². The van der Waals surface area contributed by atoms with Gasteiger partial charge in [0.05, 0.1) is 0 Å². The Kier molecular flexibility index (Phi) is 4.29. The van der Waals surface area contributed by atoms with Gasteiger partial charge in [-0.1, -0.05) is 13.8 Å². The van der Waals surface area contributed by atoms with E-state index in [1.807, 2.05) is 12.1 Å². The Morgan fingerprint density at radius 3 is 2.47 bits per heavy atom. The van der Waals surface area contributed by atoms with Crippen LogP contribution in [0, 0.1) is 26.0 Å². The van der Waals surface area contributed by atoms with Crippen LogP contribution >= 0.6 is 0 Å². The molecule has 0 aliphatic carbocycles. The molecule has 0 aliphatic heterocycles. The molecule has 0 fully saturated rings. The largest absolute Gasteiger partial charge is 2.00 e. The van der Waals surface area contributed by atoms with Crippen LogP contribution in [0.4, 0.5) is 0 Å². The fourth-order valence-corrected chi connectivity index (χ4v) is 1.54. The van der Waals surface area contributed by atoms with Crippen molar-refractivity contribution in [2.45, 2.75) is 13.8 Å². The van der Waals surface area contributed by atoms with E-state index in [9.17, 15) is 0 Å². The van der Waals surface area contributed by atoms with Crippen LogP contribution in [0.5, 0.6) is 0 Å². The summed E-state index contributed by atoms with van der Waals surface area (Å²) in [5, 5.41) is 0. The maximum absolute atomic E-state index is 3.33. The topological polar surface area (TPSA) is 0 Å². The number of aryl methyl sites for hydroxylation is 2. The van der Waals surface area contributed by atoms with Crippen LogP contribution in [0.1, 0.15) is 11.1 Å². The molecule has 0 atom stereocenters. The number of rotatable bonds is 1. The molecule has 2 aromatic rings. The van der Waals surface area contributed by atoms with Crippen LogP contribution in [0.25, 0.3) is 11.1 Å². The van der Waals surface area contributed by atoms with Crippen LogP contribution in [-0.2, 0) is 21.1 Å². The molecule has 2 aromatic carbocycles. The van der Waals surface area contributed by atoms with Gasteiger partial charge in [0.1, 0.15) is 0 Å². The van der Waals surface area contributed by atoms with Crippen molar-refractivity contribution in [3.05, 3.63) is 59.7 Å². The normalized spacial score (nSPS) is 9.47. The third kappa shape index (κ3) is 2.79. The Hall–Kier alpha value is -0.872. The molecule has 0 spiro atoms. The molecule has 74 valence electrons. The Morgan fingerprint density at radius 2 is 1.80 bits per heavy atom. The van der Waals surface area contributed by atoms with Gasteiger partial charge in [0, 0.05) is 0 Å². The van der Waals surface area contributed by atoms with Gasteiger partial charge in [0.25, 0.3) is 0 Å². The van der Waals surface area contributed by atoms with Crippen LogP contribution in [-0.4, -0.2) is 0 Å². The zero-order valence-corrected chi connectivity index (χ0v) is 11.8. The Labute approximate surface area is 106 Å². The van der Waals surface area contributed by atoms with Crippen molar-refractivity contribution in [3.63, 3.8) is 0 Å². The molecule has 0 radical (unpaired) electrons. The molecule has 0 amide bonds. The first-order chi connectivity index (χ1) is 6.77. The molecule has 0 unspecified atom stereocenters. The monoisotopic (exact) mass is 364 g/mol. The third-order valence-corrected chi connectivity index (χ3v) is 2.27. The minimum Gasteiger partial charge on any atom is -0.226 e. The first-order valence-electron chi connectivity index (χ1n) is 4.74. The summed E-state index contributed by atoms with van der Waals surface area (Å²) in [7, 11) is 0. The summed E-state index contributed by atoms with van der Waals surface area (Å²) in [4.78, 5) is 0. The SMILES string of the molecule is Cc1[c-]c(-c2[c-]cccc2C)ccc1.[W+2]. The number of benzene rings is 2. The summed E-state index contributed by atoms with van der Waals surface area (Å²) >= 11 is 0. The molecule has 0 saturated heterocycles. The molecule has 0 aromatic heterocycles. The Bertz CT molecular complexity index is 447. The fraction of sp³-hybridized carbons (Fsp3) is 0.143. The van der Waals surface area contributed by atoms with Crippen LogP contribution in [0.3, 0.4) is 0 Å². The zero-order chi connectivity index (χ0) is 9.97. The summed E-state index contributed by atoms with van der Waals surface area (Å²) in [5.41, 5.74) is 4.69. The quantitative estimate of drug-likeness (QED) is 0.679. The van der Waals surface area contributed by atoms with Crippen molar-refractivity contribution in [2.24, 2.45) is 0 Å². The van der Waals surface area contributed by atoms with E-state index in [2.05, 4.69) is 50.2 Å². The summed E-state index contributed by atoms with van der Waals surface area (Å²) < 4.78 is 0. The predicted molar refractivity (Wildman–Crippen MR) is 59.0 cm³/mol. The van der Waals surface area contributed by atoms with E-state index >= 15 is 0 Å². The molecule has 0 N–H and O–H groups in total. The maximum Gasteiger partial charge on any atom is 2.00 e. The van der Waals surface area contributed by atoms with E-state index in [1.54, 1.807) is 0 Å². The summed E-state index contributed by atoms with van der Waals surface area (Å²) in [6, 6.07) is 18.8. The minimum absolute atomic E-state index is 0. The van der Waals surface area contributed by atoms with E-state index in [0.717, 1.165) is 11.1 Å². The summed E-state index contributed by atoms with van der Waals surface area (Å²) in [5.74, 6) is 0. The van der Waals surface area contributed by atoms with Crippen LogP contribution < -0.4 is 0 Å². The standard InChI is InChI=1S/C14H12.W/c1-11-6-5-8-13(10-11)14-9-4-3-7-12(14)2;/h3-8H,1-2H3;/q-2;+2. The van der Waals surface area contributed by atoms with Gasteiger partial charge in [-0.2, -0.15) is 42.0 Å². The van der Waals surface area contributed by atoms with Gasteiger partial charge in [0.15, 0.2) is 0 Å². The zero-order valence-electron chi connectivity index (χ0n) is 8.87. The molecule has 2 rings (SSSR count). The molecule has 15 heavy (non-hydrogen) atoms. The molecule has 0 aliphatic rings. The molecule has 0 bridgehead atoms. The second-order valence-electron chi connectivity index (χ2n) is 3.48. The first kappa shape index (κ1) is 12.2. The average molecular weight is 364 g/mol. The Morgan fingerprint density at radius 1 is 1.00 bits per heavy atom. The third-order valence-electron chi connectivity index (χ3n) is 2.27. The van der Waals surface area contributed by atoms with Crippen molar-refractivity contribution in [3.8, 4) is 11.1 Å². The van der Waals surface area contributed by atoms with E-state index in [1.165, 1.54) is 11.1 Å². The number of hydrogen-bond acceptors (Lipinski definition) is 0. The smallest absolute Gasteiger partial charge is 0.226 e. The van der Waals surface area contributed by atoms with E-state index < -0.39 is 0 Å². The van der Waals surface area contributed by atoms with E-state index in [0.29, 0.717) is 0 Å². The predicted octanol–water partition coefficient (Wildman–Crippen LogP) is 3.57. The van der Waals surface area contributed by atoms with Crippen molar-refractivity contribution in [1.29, 1.82) is 0 Å². The van der Waals surface area contributed by atoms with Crippen molar-refractivity contribution in [2.75, 3.05) is 0 Å². The summed E-state index contributed by atoms with van der Waals surface area (Å²) in [6.07, 6.45) is 0. The number of hydrogen-bond donors (Lipinski definition) is 0. The van der Waals surface area contributed by atoms with Gasteiger partial charge in [-0.25, -0.2) is 11.1 Å². The molecule has 0 heterocycles. The van der Waals surface area contributed by atoms with Crippen molar-refractivity contribution in [1.82, 2.24) is 0 Å². The Balaban J connectivity index is 0.00000112. The average Bonchev–Trinajstić information content (AvgIpc) is 2.18. The fourth-order valence-electron chi connectivity index (χ4n) is 1.54. The maximum atomic E-state index is 3.33. The van der Waals surface area contributed by atoms with Gasteiger partial charge in [0.2, 0.25) is 0 Å². The first-order valence-corrected chi connectivity index (χ1v) is 4.74. The van der Waals surface area contributed by atoms with Gasteiger partial charge in [-0.05, 0) is 0 Å². The minimum atomic E-state index is 0. The second-order valence-corrected chi connectivity index (χ2v) is 3.48. The van der Waals surface area contributed by atoms with Crippen LogP contribution in [0.15, 0.2) is 36.4 Å². The second kappa shape index (κ2) is 5.28. The molecule has 0 nitrogen and oxygen atoms in total. The molecular formula is C14H12W. The molecule has 0 saturated carbocycles. The van der Waals surface area contributed by atoms with E-state index in [-0.39, 0.29) is 21.1 Å². The van der Waals surface area contributed by atoms with Crippen molar-refractivity contribution >= 4 is 0 Å². The van der Waals surface area contributed by atoms with Gasteiger partial charge >= 0.3 is 21.1 Å². The molecule has 1 heteroatoms. The van der Waals surface area contributed by atoms with E-state index in [4.69, 9.17) is 0 Å². The van der Waals surface area contributed by atoms with Crippen molar-refractivity contribution < 1.29 is 21.1 Å². The van der Waals surface area contributed by atoms with Gasteiger partial charge in [-0.3, -0.25) is 0 Å². The van der Waals surface area contributed by atoms with Gasteiger partial charge < -0.3 is 0 Å². The van der Waals surface area contributed by atoms with Gasteiger partial charge in [-0.15, -0.1) is 17.7 Å². The summed E-state index contributed by atoms with van der Waals surface area (Å²) in [6.45, 7) is 4.16. The molecular weight excluding hydrogens is 352 g/mol.